The highest BCUT2D eigenvalue weighted by atomic mass is 16.6. The first-order valence-corrected chi connectivity index (χ1v) is 16.5. The average Bonchev–Trinajstić information content (AvgIpc) is 3.18. The van der Waals surface area contributed by atoms with Crippen molar-refractivity contribution in [1.82, 2.24) is 0 Å². The number of hydrogen-bond donors (Lipinski definition) is 1. The summed E-state index contributed by atoms with van der Waals surface area (Å²) in [5.74, 6) is 0.347. The zero-order valence-corrected chi connectivity index (χ0v) is 27.5. The molecular formula is C43H34O8. The number of esters is 2. The van der Waals surface area contributed by atoms with Crippen LogP contribution < -0.4 is 23.7 Å². The fourth-order valence-electron chi connectivity index (χ4n) is 5.74. The van der Waals surface area contributed by atoms with Crippen LogP contribution in [0.25, 0.3) is 0 Å². The fraction of sp³-hybridized carbons (Fsp3) is 0.116. The van der Waals surface area contributed by atoms with Crippen molar-refractivity contribution >= 4 is 11.9 Å². The van der Waals surface area contributed by atoms with Crippen molar-refractivity contribution in [2.45, 2.75) is 31.8 Å². The monoisotopic (exact) mass is 678 g/mol. The third-order valence-electron chi connectivity index (χ3n) is 8.36. The predicted molar refractivity (Wildman–Crippen MR) is 190 cm³/mol. The molecule has 0 radical (unpaired) electrons. The summed E-state index contributed by atoms with van der Waals surface area (Å²) in [6, 6.07) is 45.0. The topological polar surface area (TPSA) is 101 Å². The number of benzene rings is 6. The molecule has 6 aromatic carbocycles. The second kappa shape index (κ2) is 15.4. The molecule has 1 aliphatic heterocycles. The Morgan fingerprint density at radius 1 is 0.588 bits per heavy atom. The number of aliphatic hydroxyl groups excluding tert-OH is 1. The lowest BCUT2D eigenvalue weighted by atomic mass is 9.93. The van der Waals surface area contributed by atoms with E-state index < -0.39 is 24.1 Å². The summed E-state index contributed by atoms with van der Waals surface area (Å²) in [6.07, 6.45) is -1.65. The van der Waals surface area contributed by atoms with Gasteiger partial charge in [-0.25, -0.2) is 9.59 Å². The molecule has 0 amide bonds. The van der Waals surface area contributed by atoms with E-state index in [1.54, 1.807) is 78.9 Å². The van der Waals surface area contributed by atoms with Crippen LogP contribution in [0, 0.1) is 0 Å². The van der Waals surface area contributed by atoms with Crippen molar-refractivity contribution in [2.75, 3.05) is 0 Å². The molecule has 6 aromatic rings. The molecule has 0 saturated carbocycles. The Morgan fingerprint density at radius 3 is 1.71 bits per heavy atom. The van der Waals surface area contributed by atoms with E-state index in [0.717, 1.165) is 11.1 Å². The van der Waals surface area contributed by atoms with Gasteiger partial charge in [-0.05, 0) is 53.1 Å². The summed E-state index contributed by atoms with van der Waals surface area (Å²) >= 11 is 0. The maximum Gasteiger partial charge on any atom is 0.343 e. The van der Waals surface area contributed by atoms with Crippen molar-refractivity contribution in [1.29, 1.82) is 0 Å². The third kappa shape index (κ3) is 8.09. The number of rotatable bonds is 11. The van der Waals surface area contributed by atoms with E-state index >= 15 is 0 Å². The molecule has 0 bridgehead atoms. The fourth-order valence-corrected chi connectivity index (χ4v) is 5.74. The molecule has 2 atom stereocenters. The van der Waals surface area contributed by atoms with E-state index in [2.05, 4.69) is 0 Å². The number of hydrogen-bond acceptors (Lipinski definition) is 8. The molecule has 1 N–H and O–H groups in total. The number of fused-ring (bicyclic) bond motifs is 1. The molecule has 51 heavy (non-hydrogen) atoms. The summed E-state index contributed by atoms with van der Waals surface area (Å²) in [6.45, 7) is 0.650. The molecule has 0 saturated heterocycles. The lowest BCUT2D eigenvalue weighted by Crippen LogP contribution is -2.30. The highest BCUT2D eigenvalue weighted by Gasteiger charge is 2.34. The van der Waals surface area contributed by atoms with Gasteiger partial charge in [-0.3, -0.25) is 0 Å². The molecule has 8 nitrogen and oxygen atoms in total. The van der Waals surface area contributed by atoms with Gasteiger partial charge in [0.25, 0.3) is 0 Å². The number of carbonyl (C=O) groups excluding carboxylic acids is 2. The van der Waals surface area contributed by atoms with E-state index in [9.17, 15) is 14.7 Å². The average molecular weight is 679 g/mol. The van der Waals surface area contributed by atoms with Gasteiger partial charge in [-0.15, -0.1) is 0 Å². The highest BCUT2D eigenvalue weighted by Crippen LogP contribution is 2.44. The molecule has 0 aliphatic carbocycles. The van der Waals surface area contributed by atoms with Gasteiger partial charge < -0.3 is 28.8 Å². The van der Waals surface area contributed by atoms with Gasteiger partial charge in [0.2, 0.25) is 0 Å². The minimum absolute atomic E-state index is 0.000871. The third-order valence-corrected chi connectivity index (χ3v) is 8.36. The molecule has 0 fully saturated rings. The summed E-state index contributed by atoms with van der Waals surface area (Å²) < 4.78 is 30.5. The van der Waals surface area contributed by atoms with Crippen molar-refractivity contribution in [3.8, 4) is 28.7 Å². The van der Waals surface area contributed by atoms with Gasteiger partial charge in [0, 0.05) is 24.1 Å². The van der Waals surface area contributed by atoms with E-state index in [-0.39, 0.29) is 17.9 Å². The van der Waals surface area contributed by atoms with E-state index in [4.69, 9.17) is 23.7 Å². The number of aliphatic hydroxyl groups is 1. The molecule has 8 heteroatoms. The normalized spacial score (nSPS) is 14.8. The largest absolute Gasteiger partial charge is 0.489 e. The Hall–Kier alpha value is -6.38. The first-order chi connectivity index (χ1) is 25.0. The van der Waals surface area contributed by atoms with Gasteiger partial charge >= 0.3 is 11.9 Å². The van der Waals surface area contributed by atoms with Crippen molar-refractivity contribution in [2.24, 2.45) is 0 Å². The van der Waals surface area contributed by atoms with Crippen LogP contribution in [0.1, 0.15) is 49.1 Å². The second-order valence-electron chi connectivity index (χ2n) is 12.0. The zero-order valence-electron chi connectivity index (χ0n) is 27.5. The van der Waals surface area contributed by atoms with Gasteiger partial charge in [0.05, 0.1) is 17.2 Å². The molecule has 0 aromatic heterocycles. The van der Waals surface area contributed by atoms with Crippen LogP contribution in [0.5, 0.6) is 28.7 Å². The maximum absolute atomic E-state index is 13.2. The predicted octanol–water partition coefficient (Wildman–Crippen LogP) is 8.32. The van der Waals surface area contributed by atoms with Crippen LogP contribution in [0.3, 0.4) is 0 Å². The maximum atomic E-state index is 13.2. The molecule has 7 rings (SSSR count). The number of ether oxygens (including phenoxy) is 5. The van der Waals surface area contributed by atoms with Gasteiger partial charge in [0.1, 0.15) is 36.6 Å². The number of carbonyl (C=O) groups is 2. The second-order valence-corrected chi connectivity index (χ2v) is 12.0. The quantitative estimate of drug-likeness (QED) is 0.108. The molecule has 1 aliphatic rings. The first kappa shape index (κ1) is 33.1. The summed E-state index contributed by atoms with van der Waals surface area (Å²) in [4.78, 5) is 26.2. The van der Waals surface area contributed by atoms with Crippen molar-refractivity contribution < 1.29 is 38.4 Å². The van der Waals surface area contributed by atoms with Crippen molar-refractivity contribution in [3.63, 3.8) is 0 Å². The van der Waals surface area contributed by atoms with Gasteiger partial charge in [0.15, 0.2) is 11.5 Å². The minimum Gasteiger partial charge on any atom is -0.489 e. The summed E-state index contributed by atoms with van der Waals surface area (Å²) in [5.41, 5.74) is 3.85. The Bertz CT molecular complexity index is 2100. The van der Waals surface area contributed by atoms with E-state index in [1.165, 1.54) is 6.07 Å². The van der Waals surface area contributed by atoms with Crippen molar-refractivity contribution in [3.05, 3.63) is 185 Å². The van der Waals surface area contributed by atoms with E-state index in [0.29, 0.717) is 52.7 Å². The Balaban J connectivity index is 1.19. The Morgan fingerprint density at radius 2 is 1.12 bits per heavy atom. The lowest BCUT2D eigenvalue weighted by Gasteiger charge is -2.32. The molecular weight excluding hydrogens is 644 g/mol. The van der Waals surface area contributed by atoms with Crippen LogP contribution in [0.2, 0.25) is 0 Å². The van der Waals surface area contributed by atoms with Gasteiger partial charge in [-0.1, -0.05) is 103 Å². The molecule has 254 valence electrons. The SMILES string of the molecule is O=C(Oc1ccc([C@H]2Oc3cc(OCc4ccccc4)cc(OCc4ccccc4)c3C[C@H]2O)cc1OC(=O)c1ccccc1)c1ccccc1. The van der Waals surface area contributed by atoms with Crippen LogP contribution in [-0.2, 0) is 19.6 Å². The first-order valence-electron chi connectivity index (χ1n) is 16.5. The molecule has 1 heterocycles. The van der Waals surface area contributed by atoms with E-state index in [1.807, 2.05) is 66.7 Å². The highest BCUT2D eigenvalue weighted by molar-refractivity contribution is 5.93. The molecule has 0 spiro atoms. The standard InChI is InChI=1S/C43H34O8/c44-36-26-35-38(48-28-30-15-7-2-8-16-30)24-34(47-27-29-13-5-1-6-14-29)25-39(35)49-41(36)33-21-22-37(50-42(45)31-17-9-3-10-18-31)40(23-33)51-43(46)32-19-11-4-12-20-32/h1-25,36,41,44H,26-28H2/t36-,41-/m1/s1. The van der Waals surface area contributed by atoms with Crippen LogP contribution >= 0.6 is 0 Å². The zero-order chi connectivity index (χ0) is 35.0. The minimum atomic E-state index is -0.997. The lowest BCUT2D eigenvalue weighted by molar-refractivity contribution is 0.0192. The Kier molecular flexibility index (Phi) is 10.0. The summed E-state index contributed by atoms with van der Waals surface area (Å²) in [5, 5.41) is 11.5. The smallest absolute Gasteiger partial charge is 0.343 e. The van der Waals surface area contributed by atoms with Crippen LogP contribution in [0.4, 0.5) is 0 Å². The Labute approximate surface area is 295 Å². The van der Waals surface area contributed by atoms with Gasteiger partial charge in [-0.2, -0.15) is 0 Å². The van der Waals surface area contributed by atoms with Crippen LogP contribution in [-0.4, -0.2) is 23.1 Å². The summed E-state index contributed by atoms with van der Waals surface area (Å²) in [7, 11) is 0. The van der Waals surface area contributed by atoms with Crippen LogP contribution in [0.15, 0.2) is 152 Å². The molecule has 0 unspecified atom stereocenters.